The Morgan fingerprint density at radius 1 is 1.38 bits per heavy atom. The van der Waals surface area contributed by atoms with Gasteiger partial charge in [-0.05, 0) is 36.5 Å². The topological polar surface area (TPSA) is 70.6 Å². The van der Waals surface area contributed by atoms with E-state index < -0.39 is 17.6 Å². The molecule has 1 aromatic rings. The van der Waals surface area contributed by atoms with E-state index in [4.69, 9.17) is 10.9 Å². The van der Waals surface area contributed by atoms with Gasteiger partial charge in [-0.25, -0.2) is 4.39 Å². The zero-order valence-corrected chi connectivity index (χ0v) is 11.0. The molecule has 0 amide bonds. The van der Waals surface area contributed by atoms with E-state index in [1.54, 1.807) is 0 Å². The zero-order chi connectivity index (χ0) is 15.7. The third kappa shape index (κ3) is 3.77. The Bertz CT molecular complexity index is 553. The molecule has 0 spiro atoms. The smallest absolute Gasteiger partial charge is 0.409 e. The molecule has 0 saturated heterocycles. The first kappa shape index (κ1) is 15.4. The zero-order valence-electron chi connectivity index (χ0n) is 11.0. The van der Waals surface area contributed by atoms with Crippen LogP contribution in [0.2, 0.25) is 0 Å². The molecule has 0 atom stereocenters. The molecule has 0 unspecified atom stereocenters. The molecule has 0 radical (unpaired) electrons. The molecule has 2 rings (SSSR count). The Morgan fingerprint density at radius 3 is 2.57 bits per heavy atom. The average molecular weight is 305 g/mol. The maximum absolute atomic E-state index is 13.2. The fraction of sp³-hybridized carbons (Fsp3) is 0.462. The van der Waals surface area contributed by atoms with Crippen molar-refractivity contribution in [2.45, 2.75) is 25.4 Å². The van der Waals surface area contributed by atoms with Gasteiger partial charge in [0.2, 0.25) is 0 Å². The van der Waals surface area contributed by atoms with E-state index in [1.807, 2.05) is 0 Å². The van der Waals surface area contributed by atoms with Crippen LogP contribution in [0.3, 0.4) is 0 Å². The Balaban J connectivity index is 2.04. The minimum atomic E-state index is -4.73. The average Bonchev–Trinajstić information content (AvgIpc) is 3.16. The summed E-state index contributed by atoms with van der Waals surface area (Å²) in [6, 6.07) is 2.79. The van der Waals surface area contributed by atoms with Crippen LogP contribution in [-0.2, 0) is 6.18 Å². The fourth-order valence-corrected chi connectivity index (χ4v) is 2.15. The van der Waals surface area contributed by atoms with Crippen molar-refractivity contribution in [2.24, 2.45) is 16.3 Å². The lowest BCUT2D eigenvalue weighted by molar-refractivity contribution is -0.139. The number of nitrogens with zero attached hydrogens (tertiary/aromatic N) is 1. The number of nitrogens with two attached hydrogens (primary N) is 1. The number of hydrogen-bond donors (Lipinski definition) is 3. The first-order chi connectivity index (χ1) is 9.76. The number of rotatable bonds is 5. The Labute approximate surface area is 118 Å². The van der Waals surface area contributed by atoms with Gasteiger partial charge in [0.15, 0.2) is 0 Å². The van der Waals surface area contributed by atoms with Crippen LogP contribution in [0.4, 0.5) is 23.2 Å². The molecule has 4 N–H and O–H groups in total. The third-order valence-corrected chi connectivity index (χ3v) is 3.58. The van der Waals surface area contributed by atoms with Gasteiger partial charge in [-0.15, -0.1) is 0 Å². The van der Waals surface area contributed by atoms with E-state index in [0.717, 1.165) is 25.0 Å². The van der Waals surface area contributed by atoms with E-state index in [1.165, 1.54) is 6.07 Å². The molecule has 0 aliphatic heterocycles. The maximum atomic E-state index is 13.2. The molecular weight excluding hydrogens is 290 g/mol. The van der Waals surface area contributed by atoms with Crippen LogP contribution in [0.1, 0.15) is 24.8 Å². The summed E-state index contributed by atoms with van der Waals surface area (Å²) >= 11 is 0. The monoisotopic (exact) mass is 305 g/mol. The predicted octanol–water partition coefficient (Wildman–Crippen LogP) is 3.17. The van der Waals surface area contributed by atoms with Crippen LogP contribution in [0, 0.1) is 11.2 Å². The largest absolute Gasteiger partial charge is 0.419 e. The van der Waals surface area contributed by atoms with Gasteiger partial charge in [-0.2, -0.15) is 13.2 Å². The van der Waals surface area contributed by atoms with Crippen molar-refractivity contribution in [2.75, 3.05) is 11.9 Å². The second-order valence-corrected chi connectivity index (χ2v) is 5.31. The molecule has 0 aromatic heterocycles. The van der Waals surface area contributed by atoms with Gasteiger partial charge >= 0.3 is 6.18 Å². The molecule has 0 bridgehead atoms. The van der Waals surface area contributed by atoms with Crippen molar-refractivity contribution in [1.29, 1.82) is 0 Å². The van der Waals surface area contributed by atoms with Crippen molar-refractivity contribution in [3.63, 3.8) is 0 Å². The SMILES string of the molecule is NC(CC1(CNc2ccc(F)c(C(F)(F)F)c2)CC1)=NO. The highest BCUT2D eigenvalue weighted by Gasteiger charge is 2.43. The fourth-order valence-electron chi connectivity index (χ4n) is 2.15. The highest BCUT2D eigenvalue weighted by molar-refractivity contribution is 5.80. The molecule has 1 fully saturated rings. The number of benzene rings is 1. The maximum Gasteiger partial charge on any atom is 0.419 e. The molecule has 21 heavy (non-hydrogen) atoms. The number of hydrogen-bond acceptors (Lipinski definition) is 3. The van der Waals surface area contributed by atoms with Crippen LogP contribution in [0.25, 0.3) is 0 Å². The summed E-state index contributed by atoms with van der Waals surface area (Å²) in [5, 5.41) is 14.3. The van der Waals surface area contributed by atoms with Crippen molar-refractivity contribution >= 4 is 11.5 Å². The van der Waals surface area contributed by atoms with Crippen molar-refractivity contribution in [3.05, 3.63) is 29.6 Å². The van der Waals surface area contributed by atoms with Gasteiger partial charge in [-0.3, -0.25) is 0 Å². The van der Waals surface area contributed by atoms with Crippen LogP contribution in [0.15, 0.2) is 23.4 Å². The number of amidine groups is 1. The standard InChI is InChI=1S/C13H15F4N3O/c14-10-2-1-8(5-9(10)13(15,16)17)19-7-12(3-4-12)6-11(18)20-21/h1-2,5,19,21H,3-4,6-7H2,(H2,18,20). The van der Waals surface area contributed by atoms with Gasteiger partial charge in [0.25, 0.3) is 0 Å². The van der Waals surface area contributed by atoms with Crippen LogP contribution < -0.4 is 11.1 Å². The minimum Gasteiger partial charge on any atom is -0.409 e. The second-order valence-electron chi connectivity index (χ2n) is 5.31. The molecule has 4 nitrogen and oxygen atoms in total. The van der Waals surface area contributed by atoms with Crippen LogP contribution >= 0.6 is 0 Å². The van der Waals surface area contributed by atoms with E-state index >= 15 is 0 Å². The summed E-state index contributed by atoms with van der Waals surface area (Å²) in [6.07, 6.45) is -2.69. The minimum absolute atomic E-state index is 0.0874. The molecule has 116 valence electrons. The van der Waals surface area contributed by atoms with Crippen molar-refractivity contribution in [1.82, 2.24) is 0 Å². The normalized spacial score (nSPS) is 17.6. The number of nitrogens with one attached hydrogen (secondary N) is 1. The van der Waals surface area contributed by atoms with Crippen LogP contribution in [0.5, 0.6) is 0 Å². The molecular formula is C13H15F4N3O. The Morgan fingerprint density at radius 2 is 2.05 bits per heavy atom. The van der Waals surface area contributed by atoms with Crippen molar-refractivity contribution < 1.29 is 22.8 Å². The van der Waals surface area contributed by atoms with E-state index in [9.17, 15) is 17.6 Å². The van der Waals surface area contributed by atoms with E-state index in [-0.39, 0.29) is 16.9 Å². The van der Waals surface area contributed by atoms with E-state index in [2.05, 4.69) is 10.5 Å². The summed E-state index contributed by atoms with van der Waals surface area (Å²) in [7, 11) is 0. The van der Waals surface area contributed by atoms with Gasteiger partial charge in [-0.1, -0.05) is 5.16 Å². The number of halogens is 4. The Hall–Kier alpha value is -1.99. The summed E-state index contributed by atoms with van der Waals surface area (Å²) in [4.78, 5) is 0. The molecule has 1 aromatic carbocycles. The van der Waals surface area contributed by atoms with Gasteiger partial charge in [0, 0.05) is 18.7 Å². The molecule has 1 aliphatic carbocycles. The molecule has 8 heteroatoms. The van der Waals surface area contributed by atoms with Gasteiger partial charge in [0.05, 0.1) is 5.56 Å². The Kier molecular flexibility index (Phi) is 3.97. The lowest BCUT2D eigenvalue weighted by Crippen LogP contribution is -2.23. The first-order valence-corrected chi connectivity index (χ1v) is 6.33. The number of alkyl halides is 3. The summed E-state index contributed by atoms with van der Waals surface area (Å²) < 4.78 is 51.0. The van der Waals surface area contributed by atoms with Crippen molar-refractivity contribution in [3.8, 4) is 0 Å². The number of oxime groups is 1. The highest BCUT2D eigenvalue weighted by atomic mass is 19.4. The van der Waals surface area contributed by atoms with E-state index in [0.29, 0.717) is 13.0 Å². The molecule has 0 heterocycles. The molecule has 1 saturated carbocycles. The quantitative estimate of drug-likeness (QED) is 0.257. The number of anilines is 1. The highest BCUT2D eigenvalue weighted by Crippen LogP contribution is 2.48. The lowest BCUT2D eigenvalue weighted by Gasteiger charge is -2.17. The molecule has 1 aliphatic rings. The summed E-state index contributed by atoms with van der Waals surface area (Å²) in [6.45, 7) is 0.381. The predicted molar refractivity (Wildman–Crippen MR) is 69.6 cm³/mol. The third-order valence-electron chi connectivity index (χ3n) is 3.58. The second kappa shape index (κ2) is 5.42. The van der Waals surface area contributed by atoms with Crippen LogP contribution in [-0.4, -0.2) is 17.6 Å². The van der Waals surface area contributed by atoms with Gasteiger partial charge in [0.1, 0.15) is 11.7 Å². The first-order valence-electron chi connectivity index (χ1n) is 6.33. The van der Waals surface area contributed by atoms with Gasteiger partial charge < -0.3 is 16.3 Å². The lowest BCUT2D eigenvalue weighted by atomic mass is 10.0. The summed E-state index contributed by atoms with van der Waals surface area (Å²) in [5.41, 5.74) is 4.13. The summed E-state index contributed by atoms with van der Waals surface area (Å²) in [5.74, 6) is -1.21.